The van der Waals surface area contributed by atoms with Crippen molar-refractivity contribution in [2.45, 2.75) is 38.6 Å². The molecule has 0 fully saturated rings. The van der Waals surface area contributed by atoms with Crippen LogP contribution in [0.25, 0.3) is 10.2 Å². The molecular formula is C15H17N5S. The third kappa shape index (κ3) is 2.19. The lowest BCUT2D eigenvalue weighted by Crippen LogP contribution is -2.10. The highest BCUT2D eigenvalue weighted by Crippen LogP contribution is 2.38. The lowest BCUT2D eigenvalue weighted by Gasteiger charge is -2.15. The second-order valence-corrected chi connectivity index (χ2v) is 6.54. The summed E-state index contributed by atoms with van der Waals surface area (Å²) in [6.45, 7) is 2.09. The van der Waals surface area contributed by atoms with Crippen molar-refractivity contribution in [1.82, 2.24) is 19.9 Å². The second-order valence-electron chi connectivity index (χ2n) is 5.45. The molecule has 2 N–H and O–H groups in total. The van der Waals surface area contributed by atoms with Gasteiger partial charge in [-0.1, -0.05) is 0 Å². The fourth-order valence-corrected chi connectivity index (χ4v) is 4.22. The van der Waals surface area contributed by atoms with Gasteiger partial charge >= 0.3 is 0 Å². The van der Waals surface area contributed by atoms with Crippen molar-refractivity contribution in [2.75, 3.05) is 5.32 Å². The summed E-state index contributed by atoms with van der Waals surface area (Å²) in [5.74, 6) is 1.86. The smallest absolute Gasteiger partial charge is 0.139 e. The Balaban J connectivity index is 1.76. The molecule has 0 aromatic carbocycles. The molecule has 0 saturated heterocycles. The van der Waals surface area contributed by atoms with Gasteiger partial charge < -0.3 is 10.3 Å². The van der Waals surface area contributed by atoms with Gasteiger partial charge in [-0.2, -0.15) is 0 Å². The molecule has 4 rings (SSSR count). The maximum Gasteiger partial charge on any atom is 0.139 e. The number of hydrogen-bond donors (Lipinski definition) is 2. The van der Waals surface area contributed by atoms with Crippen LogP contribution in [0.15, 0.2) is 18.7 Å². The summed E-state index contributed by atoms with van der Waals surface area (Å²) in [5.41, 5.74) is 1.45. The van der Waals surface area contributed by atoms with Crippen molar-refractivity contribution in [1.29, 1.82) is 0 Å². The van der Waals surface area contributed by atoms with Crippen molar-refractivity contribution >= 4 is 27.4 Å². The number of thiophene rings is 1. The van der Waals surface area contributed by atoms with Crippen molar-refractivity contribution in [2.24, 2.45) is 0 Å². The van der Waals surface area contributed by atoms with E-state index >= 15 is 0 Å². The lowest BCUT2D eigenvalue weighted by molar-refractivity contribution is 0.700. The van der Waals surface area contributed by atoms with Gasteiger partial charge in [0.25, 0.3) is 0 Å². The number of aryl methyl sites for hydroxylation is 2. The van der Waals surface area contributed by atoms with Crippen LogP contribution in [0.1, 0.15) is 42.1 Å². The van der Waals surface area contributed by atoms with E-state index in [1.807, 2.05) is 17.5 Å². The normalized spacial score (nSPS) is 15.9. The number of fused-ring (bicyclic) bond motifs is 3. The number of nitrogens with one attached hydrogen (secondary N) is 2. The lowest BCUT2D eigenvalue weighted by atomic mass is 9.97. The quantitative estimate of drug-likeness (QED) is 0.777. The zero-order valence-corrected chi connectivity index (χ0v) is 12.7. The zero-order valence-electron chi connectivity index (χ0n) is 11.9. The average molecular weight is 299 g/mol. The molecule has 0 unspecified atom stereocenters. The summed E-state index contributed by atoms with van der Waals surface area (Å²) in [6.07, 6.45) is 10.2. The molecule has 6 heteroatoms. The van der Waals surface area contributed by atoms with E-state index in [1.54, 1.807) is 12.5 Å². The molecular weight excluding hydrogens is 282 g/mol. The minimum Gasteiger partial charge on any atom is -0.360 e. The first kappa shape index (κ1) is 12.8. The molecule has 3 aromatic rings. The Bertz CT molecular complexity index is 762. The number of hydrogen-bond acceptors (Lipinski definition) is 5. The van der Waals surface area contributed by atoms with E-state index in [0.29, 0.717) is 0 Å². The molecule has 0 bridgehead atoms. The minimum absolute atomic E-state index is 0.0947. The Kier molecular flexibility index (Phi) is 3.11. The predicted molar refractivity (Wildman–Crippen MR) is 84.7 cm³/mol. The van der Waals surface area contributed by atoms with Crippen LogP contribution in [-0.4, -0.2) is 19.9 Å². The van der Waals surface area contributed by atoms with Crippen LogP contribution in [0.3, 0.4) is 0 Å². The van der Waals surface area contributed by atoms with E-state index in [4.69, 9.17) is 0 Å². The van der Waals surface area contributed by atoms with Crippen LogP contribution in [0.5, 0.6) is 0 Å². The molecule has 21 heavy (non-hydrogen) atoms. The minimum atomic E-state index is 0.0947. The largest absolute Gasteiger partial charge is 0.360 e. The summed E-state index contributed by atoms with van der Waals surface area (Å²) in [7, 11) is 0. The molecule has 1 aliphatic carbocycles. The third-order valence-electron chi connectivity index (χ3n) is 4.03. The highest BCUT2D eigenvalue weighted by molar-refractivity contribution is 7.19. The molecule has 5 nitrogen and oxygen atoms in total. The van der Waals surface area contributed by atoms with Crippen LogP contribution < -0.4 is 5.32 Å². The van der Waals surface area contributed by atoms with E-state index in [1.165, 1.54) is 35.1 Å². The van der Waals surface area contributed by atoms with Crippen LogP contribution in [0, 0.1) is 0 Å². The van der Waals surface area contributed by atoms with E-state index < -0.39 is 0 Å². The van der Waals surface area contributed by atoms with Gasteiger partial charge in [-0.3, -0.25) is 0 Å². The molecule has 3 heterocycles. The Morgan fingerprint density at radius 3 is 3.00 bits per heavy atom. The fraction of sp³-hybridized carbons (Fsp3) is 0.400. The van der Waals surface area contributed by atoms with Gasteiger partial charge in [0, 0.05) is 17.3 Å². The molecule has 108 valence electrons. The van der Waals surface area contributed by atoms with Crippen molar-refractivity contribution in [3.63, 3.8) is 0 Å². The summed E-state index contributed by atoms with van der Waals surface area (Å²) < 4.78 is 0. The molecule has 1 atom stereocenters. The monoisotopic (exact) mass is 299 g/mol. The second kappa shape index (κ2) is 5.11. The zero-order chi connectivity index (χ0) is 14.2. The number of anilines is 1. The maximum atomic E-state index is 4.48. The Morgan fingerprint density at radius 1 is 1.24 bits per heavy atom. The van der Waals surface area contributed by atoms with Crippen molar-refractivity contribution in [3.8, 4) is 0 Å². The Labute approximate surface area is 126 Å². The standard InChI is InChI=1S/C15H17N5S/c1-9(13-16-6-7-17-13)20-14-12-10-4-2-3-5-11(10)21-15(12)19-8-18-14/h6-9H,2-5H2,1H3,(H,16,17)(H,18,19,20)/t9-/m1/s1. The highest BCUT2D eigenvalue weighted by Gasteiger charge is 2.20. The first-order chi connectivity index (χ1) is 10.3. The summed E-state index contributed by atoms with van der Waals surface area (Å²) in [5, 5.41) is 4.70. The van der Waals surface area contributed by atoms with Gasteiger partial charge in [-0.25, -0.2) is 15.0 Å². The van der Waals surface area contributed by atoms with E-state index in [-0.39, 0.29) is 6.04 Å². The number of H-pyrrole nitrogens is 1. The van der Waals surface area contributed by atoms with E-state index in [9.17, 15) is 0 Å². The van der Waals surface area contributed by atoms with Crippen LogP contribution >= 0.6 is 11.3 Å². The number of nitrogens with zero attached hydrogens (tertiary/aromatic N) is 3. The molecule has 1 aliphatic rings. The fourth-order valence-electron chi connectivity index (χ4n) is 2.99. The molecule has 3 aromatic heterocycles. The molecule has 0 amide bonds. The van der Waals surface area contributed by atoms with Gasteiger partial charge in [-0.15, -0.1) is 11.3 Å². The number of rotatable bonds is 3. The Hall–Kier alpha value is -1.95. The summed E-state index contributed by atoms with van der Waals surface area (Å²) in [6, 6.07) is 0.0947. The van der Waals surface area contributed by atoms with Crippen LogP contribution in [0.4, 0.5) is 5.82 Å². The predicted octanol–water partition coefficient (Wildman–Crippen LogP) is 3.47. The third-order valence-corrected chi connectivity index (χ3v) is 5.23. The molecule has 0 radical (unpaired) electrons. The molecule has 0 aliphatic heterocycles. The van der Waals surface area contributed by atoms with Gasteiger partial charge in [0.15, 0.2) is 0 Å². The van der Waals surface area contributed by atoms with Gasteiger partial charge in [0.2, 0.25) is 0 Å². The first-order valence-corrected chi connectivity index (χ1v) is 8.15. The first-order valence-electron chi connectivity index (χ1n) is 7.34. The maximum absolute atomic E-state index is 4.48. The summed E-state index contributed by atoms with van der Waals surface area (Å²) >= 11 is 1.82. The Morgan fingerprint density at radius 2 is 2.14 bits per heavy atom. The SMILES string of the molecule is C[C@@H](Nc1ncnc2sc3c(c12)CCCC3)c1ncc[nH]1. The van der Waals surface area contributed by atoms with E-state index in [2.05, 4.69) is 32.2 Å². The molecule has 0 spiro atoms. The average Bonchev–Trinajstić information content (AvgIpc) is 3.15. The van der Waals surface area contributed by atoms with E-state index in [0.717, 1.165) is 22.9 Å². The van der Waals surface area contributed by atoms with Gasteiger partial charge in [-0.05, 0) is 38.2 Å². The highest BCUT2D eigenvalue weighted by atomic mass is 32.1. The topological polar surface area (TPSA) is 66.5 Å². The number of imidazole rings is 1. The number of aromatic nitrogens is 4. The van der Waals surface area contributed by atoms with Crippen molar-refractivity contribution in [3.05, 3.63) is 35.0 Å². The molecule has 0 saturated carbocycles. The summed E-state index contributed by atoms with van der Waals surface area (Å²) in [4.78, 5) is 19.0. The van der Waals surface area contributed by atoms with Crippen LogP contribution in [-0.2, 0) is 12.8 Å². The van der Waals surface area contributed by atoms with Gasteiger partial charge in [0.1, 0.15) is 22.8 Å². The van der Waals surface area contributed by atoms with Gasteiger partial charge in [0.05, 0.1) is 11.4 Å². The van der Waals surface area contributed by atoms with Crippen molar-refractivity contribution < 1.29 is 0 Å². The number of aromatic amines is 1. The van der Waals surface area contributed by atoms with Crippen LogP contribution in [0.2, 0.25) is 0 Å².